The summed E-state index contributed by atoms with van der Waals surface area (Å²) in [6.45, 7) is 6.83. The highest BCUT2D eigenvalue weighted by Gasteiger charge is 2.33. The van der Waals surface area contributed by atoms with Crippen LogP contribution in [0.25, 0.3) is 0 Å². The van der Waals surface area contributed by atoms with Crippen LogP contribution in [0.15, 0.2) is 10.2 Å². The van der Waals surface area contributed by atoms with Crippen LogP contribution in [-0.2, 0) is 0 Å². The Morgan fingerprint density at radius 2 is 1.57 bits per heavy atom. The van der Waals surface area contributed by atoms with Crippen molar-refractivity contribution in [2.45, 2.75) is 25.4 Å². The molecule has 1 rings (SSSR count). The molecule has 0 amide bonds. The van der Waals surface area contributed by atoms with E-state index < -0.39 is 8.07 Å². The minimum absolute atomic E-state index is 0.437. The van der Waals surface area contributed by atoms with Crippen molar-refractivity contribution in [2.75, 3.05) is 0 Å². The molecular formula is C4H10N2Si. The summed E-state index contributed by atoms with van der Waals surface area (Å²) in [5.74, 6) is 0.437. The molecular weight excluding hydrogens is 104 g/mol. The summed E-state index contributed by atoms with van der Waals surface area (Å²) in [4.78, 5) is 0. The van der Waals surface area contributed by atoms with Crippen LogP contribution < -0.4 is 0 Å². The highest BCUT2D eigenvalue weighted by Crippen LogP contribution is 2.22. The van der Waals surface area contributed by atoms with Crippen LogP contribution in [0.3, 0.4) is 0 Å². The van der Waals surface area contributed by atoms with Gasteiger partial charge in [-0.15, -0.1) is 0 Å². The number of hydrogen-bond donors (Lipinski definition) is 0. The highest BCUT2D eigenvalue weighted by atomic mass is 28.3. The van der Waals surface area contributed by atoms with Crippen LogP contribution >= 0.6 is 0 Å². The van der Waals surface area contributed by atoms with Gasteiger partial charge in [0.15, 0.2) is 5.79 Å². The maximum absolute atomic E-state index is 3.86. The summed E-state index contributed by atoms with van der Waals surface area (Å²) in [6, 6.07) is 0. The minimum Gasteiger partial charge on any atom is -0.167 e. The van der Waals surface area contributed by atoms with Gasteiger partial charge < -0.3 is 0 Å². The maximum Gasteiger partial charge on any atom is 0.166 e. The largest absolute Gasteiger partial charge is 0.167 e. The third-order valence-corrected chi connectivity index (χ3v) is 2.79. The van der Waals surface area contributed by atoms with Gasteiger partial charge in [-0.05, 0) is 0 Å². The molecule has 0 saturated carbocycles. The quantitative estimate of drug-likeness (QED) is 0.463. The Kier molecular flexibility index (Phi) is 0.818. The van der Waals surface area contributed by atoms with E-state index in [1.54, 1.807) is 0 Å². The topological polar surface area (TPSA) is 24.7 Å². The fraction of sp³-hybridized carbons (Fsp3) is 1.00. The summed E-state index contributed by atoms with van der Waals surface area (Å²) in [5.41, 5.74) is 0. The zero-order chi connectivity index (χ0) is 5.49. The first-order valence-electron chi connectivity index (χ1n) is 2.51. The molecule has 3 heteroatoms. The molecule has 1 heterocycles. The van der Waals surface area contributed by atoms with Crippen molar-refractivity contribution in [3.63, 3.8) is 0 Å². The third-order valence-electron chi connectivity index (χ3n) is 1.01. The number of hydrogen-bond acceptors (Lipinski definition) is 2. The Hall–Kier alpha value is -0.183. The lowest BCUT2D eigenvalue weighted by Crippen LogP contribution is -2.28. The van der Waals surface area contributed by atoms with Gasteiger partial charge in [0.05, 0.1) is 0 Å². The second kappa shape index (κ2) is 1.15. The van der Waals surface area contributed by atoms with Crippen molar-refractivity contribution in [2.24, 2.45) is 10.2 Å². The number of nitrogens with zero attached hydrogens (tertiary/aromatic N) is 2. The molecule has 0 atom stereocenters. The van der Waals surface area contributed by atoms with Gasteiger partial charge in [-0.1, -0.05) is 19.6 Å². The summed E-state index contributed by atoms with van der Waals surface area (Å²) in [5, 5.41) is 7.72. The van der Waals surface area contributed by atoms with Crippen molar-refractivity contribution in [1.29, 1.82) is 0 Å². The zero-order valence-electron chi connectivity index (χ0n) is 4.97. The molecule has 0 fully saturated rings. The van der Waals surface area contributed by atoms with Crippen molar-refractivity contribution in [3.05, 3.63) is 0 Å². The average Bonchev–Trinajstić information content (AvgIpc) is 1.99. The van der Waals surface area contributed by atoms with Crippen LogP contribution in [0.1, 0.15) is 0 Å². The molecule has 0 aromatic heterocycles. The molecule has 0 aromatic rings. The van der Waals surface area contributed by atoms with E-state index >= 15 is 0 Å². The summed E-state index contributed by atoms with van der Waals surface area (Å²) >= 11 is 0. The Labute approximate surface area is 44.7 Å². The summed E-state index contributed by atoms with van der Waals surface area (Å²) in [7, 11) is -0.957. The van der Waals surface area contributed by atoms with Crippen molar-refractivity contribution < 1.29 is 0 Å². The van der Waals surface area contributed by atoms with E-state index in [1.807, 2.05) is 0 Å². The first-order valence-corrected chi connectivity index (χ1v) is 6.08. The van der Waals surface area contributed by atoms with Gasteiger partial charge >= 0.3 is 0 Å². The predicted octanol–water partition coefficient (Wildman–Crippen LogP) is 1.66. The Morgan fingerprint density at radius 1 is 1.14 bits per heavy atom. The Morgan fingerprint density at radius 3 is 1.57 bits per heavy atom. The third kappa shape index (κ3) is 1.09. The first-order chi connectivity index (χ1) is 3.11. The average molecular weight is 114 g/mol. The van der Waals surface area contributed by atoms with E-state index in [1.165, 1.54) is 0 Å². The molecule has 2 nitrogen and oxygen atoms in total. The standard InChI is InChI=1S/C4H10N2Si/c1-7(2,3)4-5-6-4/h4H,1-3H3. The highest BCUT2D eigenvalue weighted by molar-refractivity contribution is 6.78. The van der Waals surface area contributed by atoms with Crippen molar-refractivity contribution in [3.8, 4) is 0 Å². The van der Waals surface area contributed by atoms with E-state index in [-0.39, 0.29) is 0 Å². The molecule has 1 aliphatic rings. The van der Waals surface area contributed by atoms with Crippen LogP contribution in [0.2, 0.25) is 19.6 Å². The molecule has 0 bridgehead atoms. The van der Waals surface area contributed by atoms with Gasteiger partial charge in [0.25, 0.3) is 0 Å². The smallest absolute Gasteiger partial charge is 0.166 e. The Bertz CT molecular complexity index is 96.7. The van der Waals surface area contributed by atoms with E-state index in [9.17, 15) is 0 Å². The molecule has 0 aromatic carbocycles. The second-order valence-corrected chi connectivity index (χ2v) is 8.22. The number of rotatable bonds is 1. The van der Waals surface area contributed by atoms with Crippen molar-refractivity contribution >= 4 is 8.07 Å². The monoisotopic (exact) mass is 114 g/mol. The zero-order valence-corrected chi connectivity index (χ0v) is 5.97. The van der Waals surface area contributed by atoms with Crippen molar-refractivity contribution in [1.82, 2.24) is 0 Å². The molecule has 0 spiro atoms. The molecule has 0 unspecified atom stereocenters. The minimum atomic E-state index is -0.957. The Balaban J connectivity index is 2.38. The van der Waals surface area contributed by atoms with Crippen LogP contribution in [-0.4, -0.2) is 13.9 Å². The second-order valence-electron chi connectivity index (χ2n) is 2.97. The normalized spacial score (nSPS) is 20.4. The molecule has 0 saturated heterocycles. The molecule has 0 aliphatic carbocycles. The lowest BCUT2D eigenvalue weighted by atomic mass is 11.3. The van der Waals surface area contributed by atoms with E-state index in [0.717, 1.165) is 0 Å². The molecule has 0 radical (unpaired) electrons. The molecule has 0 N–H and O–H groups in total. The predicted molar refractivity (Wildman–Crippen MR) is 32.0 cm³/mol. The molecule has 7 heavy (non-hydrogen) atoms. The van der Waals surface area contributed by atoms with E-state index in [2.05, 4.69) is 29.9 Å². The molecule has 40 valence electrons. The van der Waals surface area contributed by atoms with Crippen LogP contribution in [0, 0.1) is 0 Å². The van der Waals surface area contributed by atoms with Gasteiger partial charge in [0, 0.05) is 0 Å². The molecule has 1 aliphatic heterocycles. The van der Waals surface area contributed by atoms with Gasteiger partial charge in [0.1, 0.15) is 8.07 Å². The van der Waals surface area contributed by atoms with Crippen LogP contribution in [0.4, 0.5) is 0 Å². The van der Waals surface area contributed by atoms with E-state index in [0.29, 0.717) is 5.79 Å². The van der Waals surface area contributed by atoms with Gasteiger partial charge in [-0.25, -0.2) is 0 Å². The van der Waals surface area contributed by atoms with E-state index in [4.69, 9.17) is 0 Å². The maximum atomic E-state index is 3.86. The van der Waals surface area contributed by atoms with Gasteiger partial charge in [0.2, 0.25) is 0 Å². The van der Waals surface area contributed by atoms with Gasteiger partial charge in [-0.3, -0.25) is 0 Å². The summed E-state index contributed by atoms with van der Waals surface area (Å²) in [6.07, 6.45) is 0. The fourth-order valence-electron chi connectivity index (χ4n) is 0.380. The lowest BCUT2D eigenvalue weighted by Gasteiger charge is -2.07. The summed E-state index contributed by atoms with van der Waals surface area (Å²) < 4.78 is 0. The SMILES string of the molecule is C[Si](C)(C)C1N=N1. The van der Waals surface area contributed by atoms with Crippen LogP contribution in [0.5, 0.6) is 0 Å². The first kappa shape index (κ1) is 4.96. The van der Waals surface area contributed by atoms with Gasteiger partial charge in [-0.2, -0.15) is 10.2 Å². The lowest BCUT2D eigenvalue weighted by molar-refractivity contribution is 1.25. The fourth-order valence-corrected chi connectivity index (χ4v) is 1.14.